The normalized spacial score (nSPS) is 19.3. The highest BCUT2D eigenvalue weighted by atomic mass is 32.1. The van der Waals surface area contributed by atoms with Gasteiger partial charge in [0.05, 0.1) is 6.04 Å². The first-order chi connectivity index (χ1) is 12.6. The number of thiophene rings is 1. The molecule has 0 fully saturated rings. The Morgan fingerprint density at radius 2 is 1.96 bits per heavy atom. The Morgan fingerprint density at radius 1 is 1.15 bits per heavy atom. The third-order valence-electron chi connectivity index (χ3n) is 5.29. The van der Waals surface area contributed by atoms with Crippen LogP contribution in [0.5, 0.6) is 0 Å². The zero-order chi connectivity index (χ0) is 18.1. The fourth-order valence-electron chi connectivity index (χ4n) is 3.89. The summed E-state index contributed by atoms with van der Waals surface area (Å²) in [7, 11) is 0. The third kappa shape index (κ3) is 3.40. The average molecular weight is 369 g/mol. The van der Waals surface area contributed by atoms with Gasteiger partial charge in [-0.2, -0.15) is 0 Å². The van der Waals surface area contributed by atoms with Crippen molar-refractivity contribution in [2.24, 2.45) is 0 Å². The minimum atomic E-state index is -0.798. The van der Waals surface area contributed by atoms with Gasteiger partial charge in [0.15, 0.2) is 6.10 Å². The third-order valence-corrected chi connectivity index (χ3v) is 6.50. The molecule has 0 radical (unpaired) electrons. The molecule has 0 spiro atoms. The zero-order valence-corrected chi connectivity index (χ0v) is 15.7. The van der Waals surface area contributed by atoms with Gasteiger partial charge in [-0.3, -0.25) is 4.79 Å². The first kappa shape index (κ1) is 17.3. The number of amides is 1. The summed E-state index contributed by atoms with van der Waals surface area (Å²) < 4.78 is 5.42. The Bertz CT molecular complexity index is 820. The number of benzene rings is 1. The minimum Gasteiger partial charge on any atom is -0.448 e. The van der Waals surface area contributed by atoms with Crippen molar-refractivity contribution in [3.63, 3.8) is 0 Å². The van der Waals surface area contributed by atoms with E-state index in [-0.39, 0.29) is 11.9 Å². The van der Waals surface area contributed by atoms with Crippen molar-refractivity contribution in [1.29, 1.82) is 0 Å². The molecular formula is C21H23NO3S. The number of carbonyl (C=O) groups excluding carboxylic acids is 2. The van der Waals surface area contributed by atoms with Gasteiger partial charge in [-0.15, -0.1) is 11.3 Å². The molecule has 4 nitrogen and oxygen atoms in total. The quantitative estimate of drug-likeness (QED) is 0.830. The van der Waals surface area contributed by atoms with E-state index < -0.39 is 12.1 Å². The smallest absolute Gasteiger partial charge is 0.349 e. The van der Waals surface area contributed by atoms with E-state index in [0.717, 1.165) is 38.5 Å². The number of hydrogen-bond acceptors (Lipinski definition) is 4. The van der Waals surface area contributed by atoms with Gasteiger partial charge < -0.3 is 10.1 Å². The number of esters is 1. The maximum absolute atomic E-state index is 12.5. The summed E-state index contributed by atoms with van der Waals surface area (Å²) in [6.07, 6.45) is 5.47. The number of ether oxygens (including phenoxy) is 1. The molecule has 1 amide bonds. The van der Waals surface area contributed by atoms with E-state index in [1.54, 1.807) is 6.92 Å². The van der Waals surface area contributed by atoms with Crippen LogP contribution < -0.4 is 5.32 Å². The molecule has 0 saturated carbocycles. The molecule has 2 atom stereocenters. The Kier molecular flexibility index (Phi) is 4.81. The molecule has 5 heteroatoms. The van der Waals surface area contributed by atoms with Gasteiger partial charge in [-0.1, -0.05) is 24.3 Å². The van der Waals surface area contributed by atoms with Gasteiger partial charge in [0, 0.05) is 4.88 Å². The van der Waals surface area contributed by atoms with Gasteiger partial charge in [0.2, 0.25) is 0 Å². The molecule has 1 heterocycles. The van der Waals surface area contributed by atoms with Crippen molar-refractivity contribution in [3.05, 3.63) is 56.8 Å². The fraction of sp³-hybridized carbons (Fsp3) is 0.429. The fourth-order valence-corrected chi connectivity index (χ4v) is 5.03. The second kappa shape index (κ2) is 7.23. The van der Waals surface area contributed by atoms with Crippen molar-refractivity contribution < 1.29 is 14.3 Å². The lowest BCUT2D eigenvalue weighted by Gasteiger charge is -2.27. The van der Waals surface area contributed by atoms with Crippen LogP contribution in [0, 0.1) is 0 Å². The van der Waals surface area contributed by atoms with Crippen LogP contribution in [0.15, 0.2) is 30.3 Å². The Hall–Kier alpha value is -2.14. The largest absolute Gasteiger partial charge is 0.448 e. The highest BCUT2D eigenvalue weighted by Gasteiger charge is 2.27. The summed E-state index contributed by atoms with van der Waals surface area (Å²) in [5, 5.41) is 3.06. The van der Waals surface area contributed by atoms with E-state index in [1.807, 2.05) is 18.2 Å². The minimum absolute atomic E-state index is 0.000795. The number of hydrogen-bond donors (Lipinski definition) is 1. The van der Waals surface area contributed by atoms with Crippen molar-refractivity contribution in [2.75, 3.05) is 0 Å². The molecule has 0 saturated heterocycles. The Balaban J connectivity index is 1.38. The maximum Gasteiger partial charge on any atom is 0.349 e. The Labute approximate surface area is 157 Å². The summed E-state index contributed by atoms with van der Waals surface area (Å²) in [5.41, 5.74) is 3.74. The number of fused-ring (bicyclic) bond motifs is 2. The highest BCUT2D eigenvalue weighted by molar-refractivity contribution is 7.14. The molecule has 0 unspecified atom stereocenters. The van der Waals surface area contributed by atoms with Crippen LogP contribution in [0.25, 0.3) is 0 Å². The summed E-state index contributed by atoms with van der Waals surface area (Å²) in [6.45, 7) is 1.64. The number of carbonyl (C=O) groups is 2. The molecule has 0 bridgehead atoms. The number of nitrogens with one attached hydrogen (secondary N) is 1. The molecule has 2 aliphatic rings. The maximum atomic E-state index is 12.5. The summed E-state index contributed by atoms with van der Waals surface area (Å²) >= 11 is 1.50. The van der Waals surface area contributed by atoms with E-state index in [0.29, 0.717) is 4.88 Å². The van der Waals surface area contributed by atoms with Crippen LogP contribution in [0.1, 0.15) is 63.5 Å². The molecule has 2 aliphatic carbocycles. The standard InChI is InChI=1S/C21H23NO3S/c1-13(25-21(24)19-12-15-8-5-11-18(15)26-19)20(23)22-17-10-4-7-14-6-2-3-9-16(14)17/h2-3,6,9,12-13,17H,4-5,7-8,10-11H2,1H3,(H,22,23)/t13-,17+/m0/s1. The van der Waals surface area contributed by atoms with Gasteiger partial charge >= 0.3 is 5.97 Å². The first-order valence-corrected chi connectivity index (χ1v) is 10.1. The number of aryl methyl sites for hydroxylation is 3. The zero-order valence-electron chi connectivity index (χ0n) is 14.9. The summed E-state index contributed by atoms with van der Waals surface area (Å²) in [6, 6.07) is 10.2. The van der Waals surface area contributed by atoms with Crippen LogP contribution >= 0.6 is 11.3 Å². The molecule has 4 rings (SSSR count). The molecule has 1 aromatic heterocycles. The van der Waals surface area contributed by atoms with Crippen LogP contribution in [0.4, 0.5) is 0 Å². The highest BCUT2D eigenvalue weighted by Crippen LogP contribution is 2.31. The van der Waals surface area contributed by atoms with Gasteiger partial charge in [0.25, 0.3) is 5.91 Å². The van der Waals surface area contributed by atoms with Crippen LogP contribution in [-0.4, -0.2) is 18.0 Å². The van der Waals surface area contributed by atoms with Gasteiger partial charge in [0.1, 0.15) is 4.88 Å². The second-order valence-corrected chi connectivity index (χ2v) is 8.25. The van der Waals surface area contributed by atoms with Crippen molar-refractivity contribution in [1.82, 2.24) is 5.32 Å². The average Bonchev–Trinajstić information content (AvgIpc) is 3.24. The SMILES string of the molecule is C[C@H](OC(=O)c1cc2c(s1)CCC2)C(=O)N[C@@H]1CCCc2ccccc21. The molecule has 0 aliphatic heterocycles. The molecule has 26 heavy (non-hydrogen) atoms. The van der Waals surface area contributed by atoms with Crippen LogP contribution in [-0.2, 0) is 28.8 Å². The Morgan fingerprint density at radius 3 is 2.81 bits per heavy atom. The number of rotatable bonds is 4. The van der Waals surface area contributed by atoms with Gasteiger partial charge in [-0.05, 0) is 68.2 Å². The second-order valence-electron chi connectivity index (χ2n) is 7.11. The van der Waals surface area contributed by atoms with Crippen molar-refractivity contribution >= 4 is 23.2 Å². The van der Waals surface area contributed by atoms with Crippen molar-refractivity contribution in [2.45, 2.75) is 57.6 Å². The lowest BCUT2D eigenvalue weighted by atomic mass is 9.87. The van der Waals surface area contributed by atoms with E-state index in [1.165, 1.54) is 32.9 Å². The molecule has 1 N–H and O–H groups in total. The predicted molar refractivity (Wildman–Crippen MR) is 101 cm³/mol. The first-order valence-electron chi connectivity index (χ1n) is 9.32. The lowest BCUT2D eigenvalue weighted by molar-refractivity contribution is -0.130. The summed E-state index contributed by atoms with van der Waals surface area (Å²) in [5.74, 6) is -0.625. The van der Waals surface area contributed by atoms with Crippen LogP contribution in [0.3, 0.4) is 0 Å². The molecule has 136 valence electrons. The predicted octanol–water partition coefficient (Wildman–Crippen LogP) is 3.98. The lowest BCUT2D eigenvalue weighted by Crippen LogP contribution is -2.39. The van der Waals surface area contributed by atoms with Gasteiger partial charge in [-0.25, -0.2) is 4.79 Å². The molecule has 1 aromatic carbocycles. The topological polar surface area (TPSA) is 55.4 Å². The molecule has 2 aromatic rings. The van der Waals surface area contributed by atoms with E-state index in [9.17, 15) is 9.59 Å². The van der Waals surface area contributed by atoms with Crippen LogP contribution in [0.2, 0.25) is 0 Å². The van der Waals surface area contributed by atoms with E-state index >= 15 is 0 Å². The van der Waals surface area contributed by atoms with E-state index in [2.05, 4.69) is 17.4 Å². The van der Waals surface area contributed by atoms with Crippen molar-refractivity contribution in [3.8, 4) is 0 Å². The van der Waals surface area contributed by atoms with E-state index in [4.69, 9.17) is 4.74 Å². The molecular weight excluding hydrogens is 346 g/mol. The monoisotopic (exact) mass is 369 g/mol. The summed E-state index contributed by atoms with van der Waals surface area (Å²) in [4.78, 5) is 26.8.